The summed E-state index contributed by atoms with van der Waals surface area (Å²) in [6, 6.07) is 6.51. The molecule has 0 heterocycles. The summed E-state index contributed by atoms with van der Waals surface area (Å²) in [6.45, 7) is 3.17. The van der Waals surface area contributed by atoms with Gasteiger partial charge in [0.2, 0.25) is 0 Å². The van der Waals surface area contributed by atoms with Gasteiger partial charge in [-0.25, -0.2) is 8.42 Å². The fourth-order valence-corrected chi connectivity index (χ4v) is 2.16. The molecule has 1 aromatic carbocycles. The van der Waals surface area contributed by atoms with Crippen molar-refractivity contribution >= 4 is 9.84 Å². The number of rotatable bonds is 7. The van der Waals surface area contributed by atoms with E-state index in [9.17, 15) is 8.42 Å². The van der Waals surface area contributed by atoms with Gasteiger partial charge in [0.25, 0.3) is 0 Å². The van der Waals surface area contributed by atoms with Crippen LogP contribution in [0.15, 0.2) is 29.2 Å². The molecule has 5 nitrogen and oxygen atoms in total. The van der Waals surface area contributed by atoms with Gasteiger partial charge in [0.05, 0.1) is 17.5 Å². The molecule has 0 fully saturated rings. The lowest BCUT2D eigenvalue weighted by Crippen LogP contribution is -2.31. The van der Waals surface area contributed by atoms with Gasteiger partial charge in [0, 0.05) is 12.9 Å². The van der Waals surface area contributed by atoms with Gasteiger partial charge in [-0.05, 0) is 24.1 Å². The topological polar surface area (TPSA) is 81.4 Å². The zero-order valence-electron chi connectivity index (χ0n) is 10.7. The number of nitrogens with one attached hydrogen (secondary N) is 1. The third-order valence-corrected chi connectivity index (χ3v) is 3.67. The van der Waals surface area contributed by atoms with Crippen LogP contribution in [0.2, 0.25) is 0 Å². The number of hydrogen-bond acceptors (Lipinski definition) is 5. The molecule has 0 saturated carbocycles. The molecule has 1 atom stereocenters. The minimum atomic E-state index is -3.16. The Labute approximate surface area is 108 Å². The van der Waals surface area contributed by atoms with Crippen LogP contribution in [-0.4, -0.2) is 27.9 Å². The first kappa shape index (κ1) is 15.1. The summed E-state index contributed by atoms with van der Waals surface area (Å²) >= 11 is 0. The monoisotopic (exact) mass is 272 g/mol. The number of benzene rings is 1. The normalized spacial score (nSPS) is 13.5. The fraction of sp³-hybridized carbons (Fsp3) is 0.500. The zero-order valence-corrected chi connectivity index (χ0v) is 11.5. The minimum absolute atomic E-state index is 0.134. The molecule has 0 spiro atoms. The van der Waals surface area contributed by atoms with E-state index in [0.29, 0.717) is 18.1 Å². The number of nitrogens with two attached hydrogens (primary N) is 1. The average Bonchev–Trinajstić information content (AvgIpc) is 2.34. The van der Waals surface area contributed by atoms with Crippen LogP contribution in [0.3, 0.4) is 0 Å². The highest BCUT2D eigenvalue weighted by atomic mass is 32.2. The van der Waals surface area contributed by atoms with Crippen molar-refractivity contribution in [2.45, 2.75) is 24.3 Å². The molecular weight excluding hydrogens is 252 g/mol. The Morgan fingerprint density at radius 3 is 2.39 bits per heavy atom. The summed E-state index contributed by atoms with van der Waals surface area (Å²) in [5, 5.41) is 0. The predicted octanol–water partition coefficient (Wildman–Crippen LogP) is 1.02. The van der Waals surface area contributed by atoms with Crippen LogP contribution in [0.5, 0.6) is 0 Å². The van der Waals surface area contributed by atoms with Gasteiger partial charge in [-0.3, -0.25) is 11.3 Å². The Morgan fingerprint density at radius 1 is 1.33 bits per heavy atom. The van der Waals surface area contributed by atoms with Gasteiger partial charge >= 0.3 is 0 Å². The molecule has 0 aromatic heterocycles. The molecule has 0 aliphatic heterocycles. The zero-order chi connectivity index (χ0) is 13.6. The SMILES string of the molecule is CCCOCC(NN)c1ccc(S(C)(=O)=O)cc1. The Kier molecular flexibility index (Phi) is 5.74. The Bertz CT molecular complexity index is 457. The standard InChI is InChI=1S/C12H20N2O3S/c1-3-8-17-9-12(14-13)10-4-6-11(7-5-10)18(2,15)16/h4-7,12,14H,3,8-9,13H2,1-2H3. The Morgan fingerprint density at radius 2 is 1.94 bits per heavy atom. The first-order chi connectivity index (χ1) is 8.49. The van der Waals surface area contributed by atoms with Crippen LogP contribution in [0.1, 0.15) is 24.9 Å². The number of hydrazine groups is 1. The summed E-state index contributed by atoms with van der Waals surface area (Å²) < 4.78 is 28.1. The second-order valence-electron chi connectivity index (χ2n) is 4.14. The number of hydrogen-bond donors (Lipinski definition) is 2. The van der Waals surface area contributed by atoms with Gasteiger partial charge in [0.1, 0.15) is 0 Å². The van der Waals surface area contributed by atoms with Crippen molar-refractivity contribution in [2.75, 3.05) is 19.5 Å². The van der Waals surface area contributed by atoms with E-state index in [1.54, 1.807) is 24.3 Å². The largest absolute Gasteiger partial charge is 0.379 e. The molecule has 1 rings (SSSR count). The molecule has 0 amide bonds. The van der Waals surface area contributed by atoms with Gasteiger partial charge < -0.3 is 4.74 Å². The summed E-state index contributed by atoms with van der Waals surface area (Å²) in [4.78, 5) is 0.302. The molecule has 0 bridgehead atoms. The lowest BCUT2D eigenvalue weighted by molar-refractivity contribution is 0.112. The van der Waals surface area contributed by atoms with Crippen molar-refractivity contribution in [1.82, 2.24) is 5.43 Å². The second kappa shape index (κ2) is 6.84. The molecule has 102 valence electrons. The maximum absolute atomic E-state index is 11.3. The molecule has 0 aliphatic rings. The maximum Gasteiger partial charge on any atom is 0.175 e. The van der Waals surface area contributed by atoms with E-state index in [2.05, 4.69) is 5.43 Å². The van der Waals surface area contributed by atoms with Crippen LogP contribution in [0, 0.1) is 0 Å². The van der Waals surface area contributed by atoms with E-state index < -0.39 is 9.84 Å². The molecular formula is C12H20N2O3S. The second-order valence-corrected chi connectivity index (χ2v) is 6.15. The highest BCUT2D eigenvalue weighted by Crippen LogP contribution is 2.16. The summed E-state index contributed by atoms with van der Waals surface area (Å²) in [7, 11) is -3.16. The van der Waals surface area contributed by atoms with Crippen LogP contribution < -0.4 is 11.3 Å². The summed E-state index contributed by atoms with van der Waals surface area (Å²) in [5.41, 5.74) is 3.56. The quantitative estimate of drug-likeness (QED) is 0.440. The van der Waals surface area contributed by atoms with Crippen molar-refractivity contribution in [3.8, 4) is 0 Å². The van der Waals surface area contributed by atoms with Crippen LogP contribution >= 0.6 is 0 Å². The van der Waals surface area contributed by atoms with Gasteiger partial charge in [-0.15, -0.1) is 0 Å². The molecule has 0 radical (unpaired) electrons. The average molecular weight is 272 g/mol. The smallest absolute Gasteiger partial charge is 0.175 e. The van der Waals surface area contributed by atoms with E-state index >= 15 is 0 Å². The Balaban J connectivity index is 2.76. The predicted molar refractivity (Wildman–Crippen MR) is 70.7 cm³/mol. The third-order valence-electron chi connectivity index (χ3n) is 2.54. The third kappa shape index (κ3) is 4.38. The van der Waals surface area contributed by atoms with Crippen molar-refractivity contribution in [1.29, 1.82) is 0 Å². The molecule has 0 saturated heterocycles. The highest BCUT2D eigenvalue weighted by Gasteiger charge is 2.12. The molecule has 3 N–H and O–H groups in total. The number of ether oxygens (including phenoxy) is 1. The molecule has 0 aliphatic carbocycles. The molecule has 18 heavy (non-hydrogen) atoms. The molecule has 1 aromatic rings. The van der Waals surface area contributed by atoms with Crippen molar-refractivity contribution < 1.29 is 13.2 Å². The first-order valence-electron chi connectivity index (χ1n) is 5.83. The number of sulfone groups is 1. The van der Waals surface area contributed by atoms with Gasteiger partial charge in [-0.1, -0.05) is 19.1 Å². The van der Waals surface area contributed by atoms with E-state index in [4.69, 9.17) is 10.6 Å². The first-order valence-corrected chi connectivity index (χ1v) is 7.72. The summed E-state index contributed by atoms with van der Waals surface area (Å²) in [5.74, 6) is 5.46. The molecule has 1 unspecified atom stereocenters. The fourth-order valence-electron chi connectivity index (χ4n) is 1.53. The maximum atomic E-state index is 11.3. The summed E-state index contributed by atoms with van der Waals surface area (Å²) in [6.07, 6.45) is 2.13. The Hall–Kier alpha value is -0.950. The van der Waals surface area contributed by atoms with Gasteiger partial charge in [0.15, 0.2) is 9.84 Å². The van der Waals surface area contributed by atoms with Crippen LogP contribution in [-0.2, 0) is 14.6 Å². The van der Waals surface area contributed by atoms with Gasteiger partial charge in [-0.2, -0.15) is 0 Å². The van der Waals surface area contributed by atoms with Crippen LogP contribution in [0.25, 0.3) is 0 Å². The van der Waals surface area contributed by atoms with Crippen LogP contribution in [0.4, 0.5) is 0 Å². The van der Waals surface area contributed by atoms with E-state index in [-0.39, 0.29) is 6.04 Å². The highest BCUT2D eigenvalue weighted by molar-refractivity contribution is 7.90. The molecule has 6 heteroatoms. The van der Waals surface area contributed by atoms with Crippen molar-refractivity contribution in [3.63, 3.8) is 0 Å². The van der Waals surface area contributed by atoms with Crippen molar-refractivity contribution in [3.05, 3.63) is 29.8 Å². The van der Waals surface area contributed by atoms with E-state index in [1.165, 1.54) is 6.26 Å². The van der Waals surface area contributed by atoms with Crippen molar-refractivity contribution in [2.24, 2.45) is 5.84 Å². The van der Waals surface area contributed by atoms with E-state index in [1.807, 2.05) is 6.92 Å². The van der Waals surface area contributed by atoms with E-state index in [0.717, 1.165) is 12.0 Å². The minimum Gasteiger partial charge on any atom is -0.379 e. The lowest BCUT2D eigenvalue weighted by Gasteiger charge is -2.16. The lowest BCUT2D eigenvalue weighted by atomic mass is 10.1.